The fourth-order valence-corrected chi connectivity index (χ4v) is 5.45. The molecule has 0 spiro atoms. The summed E-state index contributed by atoms with van der Waals surface area (Å²) < 4.78 is 30.9. The molecule has 1 fully saturated rings. The third-order valence-electron chi connectivity index (χ3n) is 7.81. The molecular weight excluding hydrogens is 643 g/mol. The molecule has 1 saturated heterocycles. The number of nitrogens with zero attached hydrogens (tertiary/aromatic N) is 4. The van der Waals surface area contributed by atoms with E-state index in [-0.39, 0.29) is 23.8 Å². The number of hydrogen-bond acceptors (Lipinski definition) is 8. The van der Waals surface area contributed by atoms with Crippen LogP contribution in [0.25, 0.3) is 0 Å². The Morgan fingerprint density at radius 2 is 1.73 bits per heavy atom. The van der Waals surface area contributed by atoms with Crippen LogP contribution in [0.4, 0.5) is 10.2 Å². The molecule has 0 bridgehead atoms. The summed E-state index contributed by atoms with van der Waals surface area (Å²) in [4.78, 5) is 22.7. The third kappa shape index (κ3) is 10.4. The molecule has 0 amide bonds. The SMILES string of the molecule is CC#CCOc1ncnc(N2CCC(C)(C)C2)c1F.CC(C)[C@H](C(=O)O[C@H](C#N)c1cccc(Oc2ccccc2)c1)c1ccc(Cl)cc1. The molecular formula is C39H40ClFN4O4. The number of aromatic nitrogens is 2. The van der Waals surface area contributed by atoms with Gasteiger partial charge in [-0.2, -0.15) is 14.6 Å². The van der Waals surface area contributed by atoms with Crippen LogP contribution in [0.15, 0.2) is 85.2 Å². The van der Waals surface area contributed by atoms with Crippen molar-refractivity contribution < 1.29 is 23.4 Å². The van der Waals surface area contributed by atoms with Gasteiger partial charge in [-0.3, -0.25) is 4.79 Å². The molecule has 254 valence electrons. The van der Waals surface area contributed by atoms with Crippen molar-refractivity contribution in [1.82, 2.24) is 9.97 Å². The average Bonchev–Trinajstić information content (AvgIpc) is 3.45. The quantitative estimate of drug-likeness (QED) is 0.121. The van der Waals surface area contributed by atoms with E-state index in [2.05, 4.69) is 41.7 Å². The number of benzene rings is 3. The van der Waals surface area contributed by atoms with E-state index in [4.69, 9.17) is 25.8 Å². The molecule has 1 aliphatic rings. The Labute approximate surface area is 292 Å². The number of halogens is 2. The van der Waals surface area contributed by atoms with E-state index in [0.717, 1.165) is 25.1 Å². The van der Waals surface area contributed by atoms with Crippen molar-refractivity contribution in [2.45, 2.75) is 53.1 Å². The molecule has 4 aromatic rings. The highest BCUT2D eigenvalue weighted by Crippen LogP contribution is 2.34. The Hall–Kier alpha value is -5.12. The van der Waals surface area contributed by atoms with Gasteiger partial charge in [0.15, 0.2) is 12.4 Å². The van der Waals surface area contributed by atoms with E-state index in [1.165, 1.54) is 6.33 Å². The second-order valence-corrected chi connectivity index (χ2v) is 13.0. The van der Waals surface area contributed by atoms with Crippen molar-refractivity contribution in [1.29, 1.82) is 5.26 Å². The van der Waals surface area contributed by atoms with Crippen LogP contribution in [0.5, 0.6) is 17.4 Å². The molecule has 0 radical (unpaired) electrons. The lowest BCUT2D eigenvalue weighted by Gasteiger charge is -2.22. The van der Waals surface area contributed by atoms with E-state index in [9.17, 15) is 14.4 Å². The first-order valence-electron chi connectivity index (χ1n) is 16.0. The van der Waals surface area contributed by atoms with E-state index < -0.39 is 23.8 Å². The van der Waals surface area contributed by atoms with Crippen molar-refractivity contribution >= 4 is 23.4 Å². The maximum absolute atomic E-state index is 14.3. The minimum Gasteiger partial charge on any atom is -0.462 e. The standard InChI is InChI=1S/C25H22ClNO3.C14H18FN3O/c1-17(2)24(18-11-13-20(26)14-12-18)25(28)30-23(16-27)19-7-6-10-22(15-19)29-21-8-4-3-5-9-21;1-4-5-8-19-13-11(15)12(16-10-17-13)18-7-6-14(2,3)9-18/h3-15,17,23-24H,1-2H3;10H,6-9H2,1-3H3/t23-,24+;/m1./s1. The molecule has 5 rings (SSSR count). The number of esters is 1. The number of para-hydroxylation sites is 1. The zero-order chi connectivity index (χ0) is 35.4. The molecule has 1 aliphatic heterocycles. The van der Waals surface area contributed by atoms with Gasteiger partial charge in [-0.15, -0.1) is 5.92 Å². The van der Waals surface area contributed by atoms with Gasteiger partial charge in [0.2, 0.25) is 11.9 Å². The summed E-state index contributed by atoms with van der Waals surface area (Å²) in [7, 11) is 0. The Kier molecular flexibility index (Phi) is 13.0. The highest BCUT2D eigenvalue weighted by molar-refractivity contribution is 6.30. The van der Waals surface area contributed by atoms with Crippen LogP contribution in [0.2, 0.25) is 5.02 Å². The lowest BCUT2D eigenvalue weighted by atomic mass is 9.88. The second kappa shape index (κ2) is 17.3. The highest BCUT2D eigenvalue weighted by Gasteiger charge is 2.32. The number of carbonyl (C=O) groups excluding carboxylic acids is 1. The van der Waals surface area contributed by atoms with Crippen molar-refractivity contribution in [3.8, 4) is 35.3 Å². The largest absolute Gasteiger partial charge is 0.462 e. The van der Waals surface area contributed by atoms with Gasteiger partial charge >= 0.3 is 5.97 Å². The fraction of sp³-hybridized carbons (Fsp3) is 0.333. The Balaban J connectivity index is 0.000000244. The molecule has 2 atom stereocenters. The van der Waals surface area contributed by atoms with Crippen LogP contribution in [-0.2, 0) is 9.53 Å². The van der Waals surface area contributed by atoms with Gasteiger partial charge in [-0.1, -0.05) is 87.7 Å². The molecule has 10 heteroatoms. The van der Waals surface area contributed by atoms with Gasteiger partial charge < -0.3 is 19.1 Å². The molecule has 8 nitrogen and oxygen atoms in total. The number of hydrogen-bond donors (Lipinski definition) is 0. The average molecular weight is 683 g/mol. The van der Waals surface area contributed by atoms with Gasteiger partial charge in [-0.25, -0.2) is 4.98 Å². The summed E-state index contributed by atoms with van der Waals surface area (Å²) in [5, 5.41) is 10.2. The topological polar surface area (TPSA) is 97.6 Å². The first-order valence-corrected chi connectivity index (χ1v) is 16.4. The van der Waals surface area contributed by atoms with Crippen LogP contribution < -0.4 is 14.4 Å². The lowest BCUT2D eigenvalue weighted by molar-refractivity contribution is -0.150. The smallest absolute Gasteiger partial charge is 0.315 e. The minimum absolute atomic E-state index is 0.00855. The molecule has 0 aliphatic carbocycles. The summed E-state index contributed by atoms with van der Waals surface area (Å²) in [5.74, 6) is 5.48. The van der Waals surface area contributed by atoms with Crippen molar-refractivity contribution in [3.63, 3.8) is 0 Å². The van der Waals surface area contributed by atoms with Crippen LogP contribution in [0.1, 0.15) is 64.2 Å². The highest BCUT2D eigenvalue weighted by atomic mass is 35.5. The second-order valence-electron chi connectivity index (χ2n) is 12.6. The van der Waals surface area contributed by atoms with Gasteiger partial charge in [0.05, 0.1) is 5.92 Å². The molecule has 2 heterocycles. The Morgan fingerprint density at radius 3 is 2.37 bits per heavy atom. The number of nitriles is 1. The predicted molar refractivity (Wildman–Crippen MR) is 188 cm³/mol. The molecule has 1 aromatic heterocycles. The van der Waals surface area contributed by atoms with Gasteiger partial charge in [-0.05, 0) is 66.6 Å². The van der Waals surface area contributed by atoms with Crippen molar-refractivity contribution in [2.75, 3.05) is 24.6 Å². The number of rotatable bonds is 10. The zero-order valence-corrected chi connectivity index (χ0v) is 29.1. The van der Waals surface area contributed by atoms with E-state index >= 15 is 0 Å². The first kappa shape index (κ1) is 36.7. The summed E-state index contributed by atoms with van der Waals surface area (Å²) >= 11 is 5.96. The minimum atomic E-state index is -1.04. The zero-order valence-electron chi connectivity index (χ0n) is 28.3. The normalized spacial score (nSPS) is 14.3. The Morgan fingerprint density at radius 1 is 1.02 bits per heavy atom. The van der Waals surface area contributed by atoms with Crippen molar-refractivity contribution in [3.05, 3.63) is 107 Å². The number of ether oxygens (including phenoxy) is 3. The third-order valence-corrected chi connectivity index (χ3v) is 8.07. The van der Waals surface area contributed by atoms with E-state index in [0.29, 0.717) is 27.9 Å². The Bertz CT molecular complexity index is 1800. The predicted octanol–water partition coefficient (Wildman–Crippen LogP) is 8.93. The van der Waals surface area contributed by atoms with Gasteiger partial charge in [0.25, 0.3) is 5.88 Å². The molecule has 3 aromatic carbocycles. The summed E-state index contributed by atoms with van der Waals surface area (Å²) in [6.07, 6.45) is 1.32. The van der Waals surface area contributed by atoms with Crippen LogP contribution >= 0.6 is 11.6 Å². The maximum atomic E-state index is 14.3. The number of anilines is 1. The maximum Gasteiger partial charge on any atom is 0.315 e. The fourth-order valence-electron chi connectivity index (χ4n) is 5.32. The molecule has 0 N–H and O–H groups in total. The molecule has 0 saturated carbocycles. The van der Waals surface area contributed by atoms with Crippen molar-refractivity contribution in [2.24, 2.45) is 11.3 Å². The van der Waals surface area contributed by atoms with Gasteiger partial charge in [0, 0.05) is 23.7 Å². The van der Waals surface area contributed by atoms with Crippen LogP contribution in [-0.4, -0.2) is 35.6 Å². The molecule has 49 heavy (non-hydrogen) atoms. The monoisotopic (exact) mass is 682 g/mol. The summed E-state index contributed by atoms with van der Waals surface area (Å²) in [5.41, 5.74) is 1.54. The summed E-state index contributed by atoms with van der Waals surface area (Å²) in [6, 6.07) is 25.5. The van der Waals surface area contributed by atoms with E-state index in [1.807, 2.05) is 61.2 Å². The van der Waals surface area contributed by atoms with Crippen LogP contribution in [0, 0.1) is 40.3 Å². The number of carbonyl (C=O) groups is 1. The van der Waals surface area contributed by atoms with Crippen LogP contribution in [0.3, 0.4) is 0 Å². The van der Waals surface area contributed by atoms with E-state index in [1.54, 1.807) is 43.3 Å². The molecule has 0 unspecified atom stereocenters. The summed E-state index contributed by atoms with van der Waals surface area (Å²) in [6.45, 7) is 11.6. The lowest BCUT2D eigenvalue weighted by Crippen LogP contribution is -2.25. The van der Waals surface area contributed by atoms with Gasteiger partial charge in [0.1, 0.15) is 23.9 Å². The first-order chi connectivity index (χ1) is 23.5.